The summed E-state index contributed by atoms with van der Waals surface area (Å²) in [5.41, 5.74) is -0.259. The van der Waals surface area contributed by atoms with Gasteiger partial charge in [0, 0.05) is 12.6 Å². The number of carbonyl (C=O) groups excluding carboxylic acids is 1. The third-order valence-electron chi connectivity index (χ3n) is 4.85. The van der Waals surface area contributed by atoms with Crippen molar-refractivity contribution in [1.29, 1.82) is 0 Å². The molecule has 28 heavy (non-hydrogen) atoms. The molecule has 2 amide bonds. The molecule has 8 heteroatoms. The molecule has 1 aromatic heterocycles. The van der Waals surface area contributed by atoms with E-state index < -0.39 is 18.2 Å². The number of hydrogen-bond donors (Lipinski definition) is 3. The maximum Gasteiger partial charge on any atom is 0.407 e. The summed E-state index contributed by atoms with van der Waals surface area (Å²) in [4.78, 5) is 35.7. The molecule has 1 atom stereocenters. The Bertz CT molecular complexity index is 917. The monoisotopic (exact) mass is 388 g/mol. The largest absolute Gasteiger partial charge is 0.467 e. The maximum absolute atomic E-state index is 12.5. The fraction of sp³-hybridized carbons (Fsp3) is 0.450. The SMILES string of the molecule is CC(NC(=O)O)Oc1cccc2c(=O)cc(C(=O)NCC3CCCCC3)oc12. The summed E-state index contributed by atoms with van der Waals surface area (Å²) in [6.07, 6.45) is 3.67. The summed E-state index contributed by atoms with van der Waals surface area (Å²) in [5, 5.41) is 14.0. The molecular formula is C20H24N2O6. The van der Waals surface area contributed by atoms with Crippen LogP contribution in [-0.4, -0.2) is 29.9 Å². The summed E-state index contributed by atoms with van der Waals surface area (Å²) in [7, 11) is 0. The van der Waals surface area contributed by atoms with Gasteiger partial charge in [0.2, 0.25) is 0 Å². The Hall–Kier alpha value is -3.03. The second-order valence-electron chi connectivity index (χ2n) is 7.03. The molecule has 150 valence electrons. The fourth-order valence-electron chi connectivity index (χ4n) is 3.47. The average molecular weight is 388 g/mol. The lowest BCUT2D eigenvalue weighted by Gasteiger charge is -2.21. The van der Waals surface area contributed by atoms with Crippen molar-refractivity contribution in [3.8, 4) is 5.75 Å². The molecule has 1 aliphatic carbocycles. The van der Waals surface area contributed by atoms with E-state index in [-0.39, 0.29) is 27.9 Å². The van der Waals surface area contributed by atoms with Crippen molar-refractivity contribution >= 4 is 23.0 Å². The fourth-order valence-corrected chi connectivity index (χ4v) is 3.47. The number of rotatable bonds is 6. The van der Waals surface area contributed by atoms with E-state index in [2.05, 4.69) is 10.6 Å². The second kappa shape index (κ2) is 8.77. The minimum Gasteiger partial charge on any atom is -0.467 e. The third kappa shape index (κ3) is 4.82. The number of ether oxygens (including phenoxy) is 1. The van der Waals surface area contributed by atoms with Crippen LogP contribution in [0, 0.1) is 5.92 Å². The van der Waals surface area contributed by atoms with Crippen molar-refractivity contribution in [2.45, 2.75) is 45.3 Å². The van der Waals surface area contributed by atoms with E-state index in [0.717, 1.165) is 12.8 Å². The first-order valence-corrected chi connectivity index (χ1v) is 9.45. The van der Waals surface area contributed by atoms with Gasteiger partial charge in [0.1, 0.15) is 0 Å². The predicted molar refractivity (Wildman–Crippen MR) is 103 cm³/mol. The summed E-state index contributed by atoms with van der Waals surface area (Å²) < 4.78 is 11.2. The molecule has 1 heterocycles. The minimum atomic E-state index is -1.24. The third-order valence-corrected chi connectivity index (χ3v) is 4.85. The van der Waals surface area contributed by atoms with Crippen LogP contribution in [0.2, 0.25) is 0 Å². The van der Waals surface area contributed by atoms with Crippen molar-refractivity contribution in [2.24, 2.45) is 5.92 Å². The summed E-state index contributed by atoms with van der Waals surface area (Å²) in [6.45, 7) is 2.06. The molecule has 3 N–H and O–H groups in total. The molecule has 1 saturated carbocycles. The molecule has 0 spiro atoms. The Morgan fingerprint density at radius 2 is 2.04 bits per heavy atom. The highest BCUT2D eigenvalue weighted by Gasteiger charge is 2.19. The minimum absolute atomic E-state index is 0.0943. The van der Waals surface area contributed by atoms with Crippen molar-refractivity contribution in [3.63, 3.8) is 0 Å². The molecular weight excluding hydrogens is 364 g/mol. The lowest BCUT2D eigenvalue weighted by molar-refractivity contribution is 0.0916. The Morgan fingerprint density at radius 3 is 2.75 bits per heavy atom. The first-order valence-electron chi connectivity index (χ1n) is 9.45. The summed E-state index contributed by atoms with van der Waals surface area (Å²) in [6, 6.07) is 5.88. The van der Waals surface area contributed by atoms with Crippen LogP contribution in [0.25, 0.3) is 11.0 Å². The van der Waals surface area contributed by atoms with Gasteiger partial charge in [0.15, 0.2) is 28.7 Å². The highest BCUT2D eigenvalue weighted by Crippen LogP contribution is 2.26. The van der Waals surface area contributed by atoms with Gasteiger partial charge in [0.25, 0.3) is 5.91 Å². The van der Waals surface area contributed by atoms with Crippen LogP contribution in [0.1, 0.15) is 49.6 Å². The van der Waals surface area contributed by atoms with E-state index in [0.29, 0.717) is 12.5 Å². The van der Waals surface area contributed by atoms with E-state index in [1.807, 2.05) is 0 Å². The van der Waals surface area contributed by atoms with Crippen molar-refractivity contribution in [3.05, 3.63) is 40.2 Å². The zero-order valence-corrected chi connectivity index (χ0v) is 15.7. The molecule has 3 rings (SSSR count). The summed E-state index contributed by atoms with van der Waals surface area (Å²) in [5.74, 6) is 0.0868. The molecule has 1 aliphatic rings. The number of amides is 2. The van der Waals surface area contributed by atoms with Crippen LogP contribution in [-0.2, 0) is 0 Å². The summed E-state index contributed by atoms with van der Waals surface area (Å²) >= 11 is 0. The zero-order valence-electron chi connectivity index (χ0n) is 15.7. The van der Waals surface area contributed by atoms with Crippen molar-refractivity contribution in [2.75, 3.05) is 6.54 Å². The number of carbonyl (C=O) groups is 2. The highest BCUT2D eigenvalue weighted by atomic mass is 16.5. The first-order chi connectivity index (χ1) is 13.4. The van der Waals surface area contributed by atoms with E-state index in [4.69, 9.17) is 14.3 Å². The average Bonchev–Trinajstić information content (AvgIpc) is 2.66. The Morgan fingerprint density at radius 1 is 1.29 bits per heavy atom. The first kappa shape index (κ1) is 19.7. The number of carboxylic acid groups (broad SMARTS) is 1. The van der Waals surface area contributed by atoms with E-state index >= 15 is 0 Å². The van der Waals surface area contributed by atoms with Crippen LogP contribution >= 0.6 is 0 Å². The topological polar surface area (TPSA) is 118 Å². The number of nitrogens with one attached hydrogen (secondary N) is 2. The molecule has 0 aliphatic heterocycles. The van der Waals surface area contributed by atoms with Crippen LogP contribution in [0.5, 0.6) is 5.75 Å². The standard InChI is InChI=1S/C20H24N2O6/c1-12(22-20(25)26)27-16-9-5-8-14-15(23)10-17(28-18(14)16)19(24)21-11-13-6-3-2-4-7-13/h5,8-10,12-13,22H,2-4,6-7,11H2,1H3,(H,21,24)(H,25,26). The molecule has 1 unspecified atom stereocenters. The van der Waals surface area contributed by atoms with Gasteiger partial charge in [-0.1, -0.05) is 25.3 Å². The van der Waals surface area contributed by atoms with Gasteiger partial charge >= 0.3 is 6.09 Å². The predicted octanol–water partition coefficient (Wildman–Crippen LogP) is 3.10. The molecule has 1 aromatic carbocycles. The normalized spacial score (nSPS) is 15.8. The smallest absolute Gasteiger partial charge is 0.407 e. The van der Waals surface area contributed by atoms with Crippen LogP contribution < -0.4 is 20.8 Å². The van der Waals surface area contributed by atoms with Crippen LogP contribution in [0.15, 0.2) is 33.5 Å². The molecule has 2 aromatic rings. The van der Waals surface area contributed by atoms with E-state index in [1.165, 1.54) is 32.3 Å². The Balaban J connectivity index is 1.81. The van der Waals surface area contributed by atoms with Crippen molar-refractivity contribution in [1.82, 2.24) is 10.6 Å². The highest BCUT2D eigenvalue weighted by molar-refractivity contribution is 5.94. The van der Waals surface area contributed by atoms with Gasteiger partial charge in [-0.2, -0.15) is 0 Å². The van der Waals surface area contributed by atoms with Gasteiger partial charge in [0.05, 0.1) is 5.39 Å². The molecule has 0 radical (unpaired) electrons. The number of fused-ring (bicyclic) bond motifs is 1. The molecule has 0 saturated heterocycles. The van der Waals surface area contributed by atoms with Gasteiger partial charge in [-0.3, -0.25) is 14.9 Å². The Labute approximate surface area is 161 Å². The molecule has 0 bridgehead atoms. The zero-order chi connectivity index (χ0) is 20.1. The van der Waals surface area contributed by atoms with Crippen LogP contribution in [0.3, 0.4) is 0 Å². The number of benzene rings is 1. The van der Waals surface area contributed by atoms with Gasteiger partial charge in [-0.15, -0.1) is 0 Å². The maximum atomic E-state index is 12.5. The van der Waals surface area contributed by atoms with Gasteiger partial charge in [-0.05, 0) is 37.8 Å². The quantitative estimate of drug-likeness (QED) is 0.655. The van der Waals surface area contributed by atoms with Crippen LogP contribution in [0.4, 0.5) is 4.79 Å². The van der Waals surface area contributed by atoms with Gasteiger partial charge < -0.3 is 19.6 Å². The lowest BCUT2D eigenvalue weighted by atomic mass is 9.89. The van der Waals surface area contributed by atoms with Crippen molar-refractivity contribution < 1.29 is 23.8 Å². The van der Waals surface area contributed by atoms with E-state index in [9.17, 15) is 14.4 Å². The second-order valence-corrected chi connectivity index (χ2v) is 7.03. The van der Waals surface area contributed by atoms with E-state index in [1.54, 1.807) is 18.2 Å². The molecule has 8 nitrogen and oxygen atoms in total. The number of para-hydroxylation sites is 1. The lowest BCUT2D eigenvalue weighted by Crippen LogP contribution is -2.35. The van der Waals surface area contributed by atoms with Gasteiger partial charge in [-0.25, -0.2) is 4.79 Å². The Kier molecular flexibility index (Phi) is 6.18. The number of hydrogen-bond acceptors (Lipinski definition) is 5. The molecule has 1 fully saturated rings.